The molecule has 2 rings (SSSR count). The van der Waals surface area contributed by atoms with Crippen LogP contribution < -0.4 is 10.5 Å². The Morgan fingerprint density at radius 1 is 1.40 bits per heavy atom. The van der Waals surface area contributed by atoms with Gasteiger partial charge in [0.25, 0.3) is 0 Å². The van der Waals surface area contributed by atoms with Crippen molar-refractivity contribution in [2.24, 2.45) is 11.7 Å². The molecule has 0 aromatic carbocycles. The van der Waals surface area contributed by atoms with Crippen molar-refractivity contribution in [3.63, 3.8) is 0 Å². The normalized spacial score (nSPS) is 16.9. The Kier molecular flexibility index (Phi) is 3.56. The third-order valence-corrected chi connectivity index (χ3v) is 2.99. The van der Waals surface area contributed by atoms with Crippen LogP contribution in [0.1, 0.15) is 31.4 Å². The fraction of sp³-hybridized carbons (Fsp3) is 0.583. The minimum absolute atomic E-state index is 0.445. The predicted octanol–water partition coefficient (Wildman–Crippen LogP) is 2.11. The number of hydrogen-bond acceptors (Lipinski definition) is 3. The summed E-state index contributed by atoms with van der Waals surface area (Å²) in [5.41, 5.74) is 6.45. The van der Waals surface area contributed by atoms with Crippen LogP contribution in [0.3, 0.4) is 0 Å². The van der Waals surface area contributed by atoms with Crippen molar-refractivity contribution in [2.45, 2.75) is 32.2 Å². The molecule has 1 saturated carbocycles. The lowest BCUT2D eigenvalue weighted by atomic mass is 10.1. The third-order valence-electron chi connectivity index (χ3n) is 2.99. The summed E-state index contributed by atoms with van der Waals surface area (Å²) in [5.74, 6) is 1.59. The lowest BCUT2D eigenvalue weighted by Gasteiger charge is -2.13. The number of nitrogens with zero attached hydrogens (tertiary/aromatic N) is 1. The highest BCUT2D eigenvalue weighted by Crippen LogP contribution is 2.26. The molecule has 1 aliphatic carbocycles. The quantitative estimate of drug-likeness (QED) is 0.820. The van der Waals surface area contributed by atoms with E-state index < -0.39 is 0 Å². The Morgan fingerprint density at radius 2 is 2.20 bits per heavy atom. The van der Waals surface area contributed by atoms with E-state index in [2.05, 4.69) is 4.98 Å². The van der Waals surface area contributed by atoms with E-state index in [4.69, 9.17) is 10.5 Å². The van der Waals surface area contributed by atoms with Gasteiger partial charge in [-0.1, -0.05) is 12.8 Å². The van der Waals surface area contributed by atoms with E-state index in [1.165, 1.54) is 25.7 Å². The average Bonchev–Trinajstić information content (AvgIpc) is 2.79. The Hall–Kier alpha value is -1.09. The Balaban J connectivity index is 1.91. The Labute approximate surface area is 90.7 Å². The number of nitrogens with two attached hydrogens (primary N) is 1. The predicted molar refractivity (Wildman–Crippen MR) is 59.6 cm³/mol. The monoisotopic (exact) mass is 206 g/mol. The summed E-state index contributed by atoms with van der Waals surface area (Å²) >= 11 is 0. The topological polar surface area (TPSA) is 48.1 Å². The van der Waals surface area contributed by atoms with Gasteiger partial charge < -0.3 is 10.5 Å². The van der Waals surface area contributed by atoms with Crippen LogP contribution in [0.25, 0.3) is 0 Å². The highest BCUT2D eigenvalue weighted by molar-refractivity contribution is 5.26. The van der Waals surface area contributed by atoms with Gasteiger partial charge in [-0.3, -0.25) is 4.98 Å². The molecule has 15 heavy (non-hydrogen) atoms. The molecule has 0 bridgehead atoms. The number of ether oxygens (including phenoxy) is 1. The van der Waals surface area contributed by atoms with Crippen LogP contribution in [0.15, 0.2) is 18.3 Å². The smallest absolute Gasteiger partial charge is 0.142 e. The molecule has 1 aliphatic rings. The van der Waals surface area contributed by atoms with Crippen molar-refractivity contribution < 1.29 is 4.74 Å². The second-order valence-corrected chi connectivity index (χ2v) is 4.11. The van der Waals surface area contributed by atoms with E-state index in [0.717, 1.165) is 24.0 Å². The highest BCUT2D eigenvalue weighted by atomic mass is 16.5. The standard InChI is InChI=1S/C12H18N2O/c13-8-11-12(6-3-7-14-11)15-9-10-4-1-2-5-10/h3,6-7,10H,1-2,4-5,8-9,13H2. The van der Waals surface area contributed by atoms with Crippen molar-refractivity contribution in [3.8, 4) is 5.75 Å². The molecule has 0 saturated heterocycles. The Morgan fingerprint density at radius 3 is 2.93 bits per heavy atom. The minimum Gasteiger partial charge on any atom is -0.491 e. The van der Waals surface area contributed by atoms with E-state index in [1.54, 1.807) is 6.20 Å². The Bertz CT molecular complexity index is 308. The molecule has 0 spiro atoms. The van der Waals surface area contributed by atoms with Gasteiger partial charge in [0.1, 0.15) is 5.75 Å². The molecular weight excluding hydrogens is 188 g/mol. The van der Waals surface area contributed by atoms with Crippen molar-refractivity contribution in [1.82, 2.24) is 4.98 Å². The van der Waals surface area contributed by atoms with E-state index in [0.29, 0.717) is 6.54 Å². The summed E-state index contributed by atoms with van der Waals surface area (Å²) in [6.07, 6.45) is 7.07. The van der Waals surface area contributed by atoms with Gasteiger partial charge in [0.05, 0.1) is 12.3 Å². The second kappa shape index (κ2) is 5.12. The molecular formula is C12H18N2O. The van der Waals surface area contributed by atoms with E-state index in [1.807, 2.05) is 12.1 Å². The van der Waals surface area contributed by atoms with Gasteiger partial charge in [0, 0.05) is 12.7 Å². The molecule has 3 nitrogen and oxygen atoms in total. The summed E-state index contributed by atoms with van der Waals surface area (Å²) in [4.78, 5) is 4.19. The maximum absolute atomic E-state index is 5.77. The third kappa shape index (κ3) is 2.69. The zero-order chi connectivity index (χ0) is 10.5. The van der Waals surface area contributed by atoms with Crippen LogP contribution in [-0.4, -0.2) is 11.6 Å². The van der Waals surface area contributed by atoms with Crippen molar-refractivity contribution >= 4 is 0 Å². The molecule has 82 valence electrons. The second-order valence-electron chi connectivity index (χ2n) is 4.11. The maximum Gasteiger partial charge on any atom is 0.142 e. The van der Waals surface area contributed by atoms with Crippen molar-refractivity contribution in [2.75, 3.05) is 6.61 Å². The first-order valence-electron chi connectivity index (χ1n) is 5.67. The largest absolute Gasteiger partial charge is 0.491 e. The first-order valence-corrected chi connectivity index (χ1v) is 5.67. The molecule has 0 atom stereocenters. The van der Waals surface area contributed by atoms with Crippen LogP contribution in [0, 0.1) is 5.92 Å². The van der Waals surface area contributed by atoms with Crippen molar-refractivity contribution in [1.29, 1.82) is 0 Å². The van der Waals surface area contributed by atoms with Crippen LogP contribution in [0.2, 0.25) is 0 Å². The molecule has 0 unspecified atom stereocenters. The first kappa shape index (κ1) is 10.4. The number of aromatic nitrogens is 1. The van der Waals surface area contributed by atoms with Gasteiger partial charge in [-0.2, -0.15) is 0 Å². The van der Waals surface area contributed by atoms with Crippen LogP contribution in [-0.2, 0) is 6.54 Å². The summed E-state index contributed by atoms with van der Waals surface area (Å²) in [6.45, 7) is 1.26. The molecule has 1 aromatic heterocycles. The van der Waals surface area contributed by atoms with Gasteiger partial charge in [-0.25, -0.2) is 0 Å². The van der Waals surface area contributed by atoms with Crippen LogP contribution in [0.5, 0.6) is 5.75 Å². The summed E-state index contributed by atoms with van der Waals surface area (Å²) < 4.78 is 5.77. The van der Waals surface area contributed by atoms with E-state index >= 15 is 0 Å². The lowest BCUT2D eigenvalue weighted by Crippen LogP contribution is -2.11. The highest BCUT2D eigenvalue weighted by Gasteiger charge is 2.16. The summed E-state index contributed by atoms with van der Waals surface area (Å²) in [5, 5.41) is 0. The van der Waals surface area contributed by atoms with Crippen molar-refractivity contribution in [3.05, 3.63) is 24.0 Å². The zero-order valence-electron chi connectivity index (χ0n) is 8.98. The van der Waals surface area contributed by atoms with Crippen LogP contribution in [0.4, 0.5) is 0 Å². The molecule has 0 aliphatic heterocycles. The zero-order valence-corrected chi connectivity index (χ0v) is 8.98. The van der Waals surface area contributed by atoms with Gasteiger partial charge in [-0.05, 0) is 30.9 Å². The molecule has 1 aromatic rings. The van der Waals surface area contributed by atoms with Gasteiger partial charge >= 0.3 is 0 Å². The number of pyridine rings is 1. The first-order chi connectivity index (χ1) is 7.40. The molecule has 2 N–H and O–H groups in total. The average molecular weight is 206 g/mol. The number of hydrogen-bond donors (Lipinski definition) is 1. The molecule has 0 radical (unpaired) electrons. The number of rotatable bonds is 4. The maximum atomic E-state index is 5.77. The lowest BCUT2D eigenvalue weighted by molar-refractivity contribution is 0.249. The molecule has 1 heterocycles. The molecule has 1 fully saturated rings. The van der Waals surface area contributed by atoms with Gasteiger partial charge in [0.15, 0.2) is 0 Å². The van der Waals surface area contributed by atoms with Gasteiger partial charge in [0.2, 0.25) is 0 Å². The molecule has 3 heteroatoms. The minimum atomic E-state index is 0.445. The fourth-order valence-corrected chi connectivity index (χ4v) is 2.09. The fourth-order valence-electron chi connectivity index (χ4n) is 2.09. The van der Waals surface area contributed by atoms with Gasteiger partial charge in [-0.15, -0.1) is 0 Å². The summed E-state index contributed by atoms with van der Waals surface area (Å²) in [7, 11) is 0. The van der Waals surface area contributed by atoms with E-state index in [-0.39, 0.29) is 0 Å². The summed E-state index contributed by atoms with van der Waals surface area (Å²) in [6, 6.07) is 3.84. The molecule has 0 amide bonds. The van der Waals surface area contributed by atoms with Crippen LogP contribution >= 0.6 is 0 Å². The van der Waals surface area contributed by atoms with E-state index in [9.17, 15) is 0 Å². The SMILES string of the molecule is NCc1ncccc1OCC1CCCC1.